The number of carbonyl (C=O) groups excluding carboxylic acids is 2. The normalized spacial score (nSPS) is 15.3. The van der Waals surface area contributed by atoms with Gasteiger partial charge in [-0.1, -0.05) is 36.4 Å². The molecule has 1 unspecified atom stereocenters. The van der Waals surface area contributed by atoms with Crippen LogP contribution in [-0.4, -0.2) is 38.1 Å². The Morgan fingerprint density at radius 1 is 1.27 bits per heavy atom. The van der Waals surface area contributed by atoms with Crippen LogP contribution in [0.25, 0.3) is 0 Å². The lowest BCUT2D eigenvalue weighted by Gasteiger charge is -2.34. The maximum absolute atomic E-state index is 13.2. The van der Waals surface area contributed by atoms with Gasteiger partial charge in [-0.3, -0.25) is 15.0 Å². The molecule has 0 fully saturated rings. The molecule has 0 aromatic heterocycles. The molecular formula is C22H26N4O4. The summed E-state index contributed by atoms with van der Waals surface area (Å²) in [5.74, 6) is -0.446. The molecular weight excluding hydrogens is 384 g/mol. The second-order valence-corrected chi connectivity index (χ2v) is 7.07. The summed E-state index contributed by atoms with van der Waals surface area (Å²) in [5.41, 5.74) is 8.02. The van der Waals surface area contributed by atoms with Crippen LogP contribution in [0, 0.1) is 11.3 Å². The van der Waals surface area contributed by atoms with Gasteiger partial charge >= 0.3 is 5.97 Å². The molecule has 2 aromatic rings. The third-order valence-corrected chi connectivity index (χ3v) is 4.94. The predicted molar refractivity (Wildman–Crippen MR) is 113 cm³/mol. The van der Waals surface area contributed by atoms with Gasteiger partial charge in [0.05, 0.1) is 38.2 Å². The van der Waals surface area contributed by atoms with Crippen LogP contribution in [0.1, 0.15) is 17.5 Å². The molecule has 1 aliphatic rings. The van der Waals surface area contributed by atoms with Crippen LogP contribution in [-0.2, 0) is 27.3 Å². The fraction of sp³-hybridized carbons (Fsp3) is 0.318. The Balaban J connectivity index is 1.84. The number of methoxy groups -OCH3 is 1. The molecule has 1 atom stereocenters. The first kappa shape index (κ1) is 21.2. The molecule has 30 heavy (non-hydrogen) atoms. The van der Waals surface area contributed by atoms with Crippen molar-refractivity contribution in [3.8, 4) is 5.75 Å². The van der Waals surface area contributed by atoms with Crippen LogP contribution in [0.5, 0.6) is 5.75 Å². The van der Waals surface area contributed by atoms with Crippen LogP contribution in [0.4, 0.5) is 5.69 Å². The lowest BCUT2D eigenvalue weighted by atomic mass is 9.89. The minimum absolute atomic E-state index is 0.0506. The highest BCUT2D eigenvalue weighted by Gasteiger charge is 2.34. The number of amides is 1. The maximum Gasteiger partial charge on any atom is 0.306 e. The van der Waals surface area contributed by atoms with Gasteiger partial charge in [-0.15, -0.1) is 0 Å². The van der Waals surface area contributed by atoms with Crippen molar-refractivity contribution < 1.29 is 19.1 Å². The molecule has 4 N–H and O–H groups in total. The van der Waals surface area contributed by atoms with Crippen LogP contribution < -0.4 is 20.7 Å². The number of fused-ring (bicyclic) bond motifs is 1. The van der Waals surface area contributed by atoms with Crippen LogP contribution >= 0.6 is 0 Å². The van der Waals surface area contributed by atoms with Crippen molar-refractivity contribution in [3.63, 3.8) is 0 Å². The second kappa shape index (κ2) is 9.78. The smallest absolute Gasteiger partial charge is 0.306 e. The van der Waals surface area contributed by atoms with E-state index in [2.05, 4.69) is 5.32 Å². The first-order valence-electron chi connectivity index (χ1n) is 9.73. The van der Waals surface area contributed by atoms with Gasteiger partial charge in [0.2, 0.25) is 5.91 Å². The summed E-state index contributed by atoms with van der Waals surface area (Å²) >= 11 is 0. The number of nitrogens with zero attached hydrogens (tertiary/aromatic N) is 1. The number of benzene rings is 2. The highest BCUT2D eigenvalue weighted by Crippen LogP contribution is 2.36. The largest absolute Gasteiger partial charge is 0.492 e. The fourth-order valence-electron chi connectivity index (χ4n) is 3.48. The van der Waals surface area contributed by atoms with E-state index in [9.17, 15) is 9.59 Å². The summed E-state index contributed by atoms with van der Waals surface area (Å²) in [7, 11) is 1.33. The Hall–Kier alpha value is -3.55. The van der Waals surface area contributed by atoms with Crippen molar-refractivity contribution >= 4 is 23.5 Å². The third-order valence-electron chi connectivity index (χ3n) is 4.94. The maximum atomic E-state index is 13.2. The summed E-state index contributed by atoms with van der Waals surface area (Å²) in [4.78, 5) is 26.7. The van der Waals surface area contributed by atoms with Gasteiger partial charge in [0, 0.05) is 6.07 Å². The number of ether oxygens (including phenoxy) is 2. The fourth-order valence-corrected chi connectivity index (χ4v) is 3.48. The molecule has 1 aliphatic heterocycles. The van der Waals surface area contributed by atoms with E-state index in [0.29, 0.717) is 31.9 Å². The summed E-state index contributed by atoms with van der Waals surface area (Å²) in [6, 6.07) is 15.3. The number of rotatable bonds is 8. The standard InChI is InChI=1S/C22H26N4O4/c1-29-20(27)12-17-11-16-7-8-18(30-10-9-25-22(23)24)13-19(16)26(21(17)28)14-15-5-3-2-4-6-15/h2-8,13,17H,9-12,14H2,1H3,(H4,23,24,25). The number of hydrogen-bond donors (Lipinski definition) is 3. The Kier molecular flexibility index (Phi) is 6.90. The van der Waals surface area contributed by atoms with Crippen molar-refractivity contribution in [2.75, 3.05) is 25.2 Å². The number of esters is 1. The second-order valence-electron chi connectivity index (χ2n) is 7.07. The van der Waals surface area contributed by atoms with Crippen LogP contribution in [0.2, 0.25) is 0 Å². The van der Waals surface area contributed by atoms with E-state index in [1.165, 1.54) is 7.11 Å². The number of guanidine groups is 1. The average molecular weight is 410 g/mol. The minimum Gasteiger partial charge on any atom is -0.492 e. The summed E-state index contributed by atoms with van der Waals surface area (Å²) in [6.45, 7) is 1.13. The van der Waals surface area contributed by atoms with Crippen molar-refractivity contribution in [2.45, 2.75) is 19.4 Å². The number of hydrogen-bond acceptors (Lipinski definition) is 5. The predicted octanol–water partition coefficient (Wildman–Crippen LogP) is 1.82. The highest BCUT2D eigenvalue weighted by molar-refractivity contribution is 5.99. The number of carbonyl (C=O) groups is 2. The first-order chi connectivity index (χ1) is 14.5. The topological polar surface area (TPSA) is 118 Å². The van der Waals surface area contributed by atoms with E-state index in [0.717, 1.165) is 16.8 Å². The Labute approximate surface area is 175 Å². The van der Waals surface area contributed by atoms with Crippen molar-refractivity contribution in [3.05, 3.63) is 59.7 Å². The van der Waals surface area contributed by atoms with Gasteiger partial charge in [0.1, 0.15) is 12.4 Å². The van der Waals surface area contributed by atoms with E-state index in [1.54, 1.807) is 4.90 Å². The van der Waals surface area contributed by atoms with Crippen molar-refractivity contribution in [2.24, 2.45) is 11.7 Å². The average Bonchev–Trinajstić information content (AvgIpc) is 2.74. The molecule has 0 saturated heterocycles. The molecule has 2 aromatic carbocycles. The Morgan fingerprint density at radius 3 is 2.73 bits per heavy atom. The number of nitrogens with one attached hydrogen (secondary N) is 2. The molecule has 0 spiro atoms. The van der Waals surface area contributed by atoms with E-state index in [1.807, 2.05) is 48.5 Å². The van der Waals surface area contributed by atoms with Crippen LogP contribution in [0.3, 0.4) is 0 Å². The van der Waals surface area contributed by atoms with E-state index >= 15 is 0 Å². The van der Waals surface area contributed by atoms with Gasteiger partial charge in [0.15, 0.2) is 5.96 Å². The molecule has 0 bridgehead atoms. The molecule has 158 valence electrons. The van der Waals surface area contributed by atoms with Gasteiger partial charge in [-0.2, -0.15) is 0 Å². The van der Waals surface area contributed by atoms with Crippen molar-refractivity contribution in [1.82, 2.24) is 5.32 Å². The quantitative estimate of drug-likeness (QED) is 0.264. The molecule has 1 amide bonds. The Bertz CT molecular complexity index is 917. The van der Waals surface area contributed by atoms with Gasteiger partial charge in [-0.05, 0) is 23.6 Å². The van der Waals surface area contributed by atoms with E-state index in [4.69, 9.17) is 20.6 Å². The lowest BCUT2D eigenvalue weighted by molar-refractivity contribution is -0.143. The Morgan fingerprint density at radius 2 is 2.03 bits per heavy atom. The third kappa shape index (κ3) is 5.28. The summed E-state index contributed by atoms with van der Waals surface area (Å²) in [5, 5.41) is 9.86. The molecule has 0 radical (unpaired) electrons. The molecule has 1 heterocycles. The summed E-state index contributed by atoms with van der Waals surface area (Å²) in [6.07, 6.45) is 0.524. The zero-order valence-corrected chi connectivity index (χ0v) is 16.9. The number of anilines is 1. The van der Waals surface area contributed by atoms with Crippen LogP contribution in [0.15, 0.2) is 48.5 Å². The molecule has 0 aliphatic carbocycles. The van der Waals surface area contributed by atoms with Gasteiger partial charge in [-0.25, -0.2) is 0 Å². The highest BCUT2D eigenvalue weighted by atomic mass is 16.5. The molecule has 0 saturated carbocycles. The molecule has 8 heteroatoms. The van der Waals surface area contributed by atoms with Gasteiger partial charge < -0.3 is 25.4 Å². The summed E-state index contributed by atoms with van der Waals surface area (Å²) < 4.78 is 10.5. The van der Waals surface area contributed by atoms with Gasteiger partial charge in [0.25, 0.3) is 0 Å². The minimum atomic E-state index is -0.458. The number of nitrogens with two attached hydrogens (primary N) is 1. The first-order valence-corrected chi connectivity index (χ1v) is 9.73. The zero-order valence-electron chi connectivity index (χ0n) is 16.9. The van der Waals surface area contributed by atoms with Crippen molar-refractivity contribution in [1.29, 1.82) is 5.41 Å². The van der Waals surface area contributed by atoms with E-state index < -0.39 is 11.9 Å². The lowest BCUT2D eigenvalue weighted by Crippen LogP contribution is -2.41. The zero-order chi connectivity index (χ0) is 21.5. The molecule has 3 rings (SSSR count). The van der Waals surface area contributed by atoms with E-state index in [-0.39, 0.29) is 18.3 Å². The SMILES string of the molecule is COC(=O)CC1Cc2ccc(OCCNC(=N)N)cc2N(Cc2ccccc2)C1=O. The molecule has 8 nitrogen and oxygen atoms in total. The monoisotopic (exact) mass is 410 g/mol.